The summed E-state index contributed by atoms with van der Waals surface area (Å²) in [5.74, 6) is 1.30. The predicted molar refractivity (Wildman–Crippen MR) is 43.7 cm³/mol. The highest BCUT2D eigenvalue weighted by Crippen LogP contribution is 1.90. The van der Waals surface area contributed by atoms with Gasteiger partial charge >= 0.3 is 0 Å². The van der Waals surface area contributed by atoms with Gasteiger partial charge in [-0.2, -0.15) is 0 Å². The Bertz CT molecular complexity index is 80.9. The highest BCUT2D eigenvalue weighted by molar-refractivity contribution is 5.77. The zero-order valence-corrected chi connectivity index (χ0v) is 5.81. The van der Waals surface area contributed by atoms with Crippen LogP contribution in [-0.2, 0) is 0 Å². The van der Waals surface area contributed by atoms with E-state index in [1.807, 2.05) is 6.92 Å². The molecule has 0 radical (unpaired) electrons. The van der Waals surface area contributed by atoms with Crippen LogP contribution in [0.1, 0.15) is 28.2 Å². The number of aliphatic imine (C=N–C) groups is 1. The van der Waals surface area contributed by atoms with E-state index >= 15 is 0 Å². The number of nitrogens with two attached hydrogens (primary N) is 1. The van der Waals surface area contributed by atoms with Crippen molar-refractivity contribution < 1.29 is 0 Å². The van der Waals surface area contributed by atoms with Crippen LogP contribution in [-0.4, -0.2) is 12.4 Å². The van der Waals surface area contributed by atoms with Crippen LogP contribution in [0.3, 0.4) is 0 Å². The van der Waals surface area contributed by atoms with Crippen LogP contribution in [0.25, 0.3) is 0 Å². The quantitative estimate of drug-likeness (QED) is 0.448. The molecule has 0 fully saturated rings. The maximum absolute atomic E-state index is 5.29. The molecule has 0 amide bonds. The van der Waals surface area contributed by atoms with Gasteiger partial charge in [0.05, 0.1) is 5.84 Å². The van der Waals surface area contributed by atoms with Crippen LogP contribution in [0, 0.1) is 5.92 Å². The average Bonchev–Trinajstić information content (AvgIpc) is 1.61. The first-order valence-electron chi connectivity index (χ1n) is 2.89. The summed E-state index contributed by atoms with van der Waals surface area (Å²) >= 11 is 0. The minimum atomic E-state index is 0. The van der Waals surface area contributed by atoms with Crippen molar-refractivity contribution in [3.63, 3.8) is 0 Å². The lowest BCUT2D eigenvalue weighted by Gasteiger charge is -1.96. The van der Waals surface area contributed by atoms with Crippen LogP contribution in [0.4, 0.5) is 0 Å². The Morgan fingerprint density at radius 3 is 2.11 bits per heavy atom. The molecule has 0 aromatic carbocycles. The fraction of sp³-hybridized carbons (Fsp3) is 0.857. The van der Waals surface area contributed by atoms with E-state index in [1.165, 1.54) is 0 Å². The Morgan fingerprint density at radius 2 is 2.00 bits per heavy atom. The Kier molecular flexibility index (Phi) is 7.03. The molecule has 0 heterocycles. The standard InChI is InChI=1S/C6H14N2.CH4/c1-5(2)4-8-6(3)7;/h5H,4H2,1-3H3,(H2,7,8);1H4. The summed E-state index contributed by atoms with van der Waals surface area (Å²) in [7, 11) is 0. The van der Waals surface area contributed by atoms with Crippen molar-refractivity contribution in [1.29, 1.82) is 0 Å². The predicted octanol–water partition coefficient (Wildman–Crippen LogP) is 1.66. The number of rotatable bonds is 2. The second-order valence-electron chi connectivity index (χ2n) is 2.38. The lowest BCUT2D eigenvalue weighted by molar-refractivity contribution is 0.665. The summed E-state index contributed by atoms with van der Waals surface area (Å²) in [5.41, 5.74) is 5.29. The van der Waals surface area contributed by atoms with Crippen LogP contribution in [0.15, 0.2) is 4.99 Å². The molecular weight excluding hydrogens is 112 g/mol. The van der Waals surface area contributed by atoms with Gasteiger partial charge in [0, 0.05) is 6.54 Å². The number of hydrogen-bond acceptors (Lipinski definition) is 1. The van der Waals surface area contributed by atoms with Gasteiger partial charge in [0.15, 0.2) is 0 Å². The summed E-state index contributed by atoms with van der Waals surface area (Å²) in [6.07, 6.45) is 0. The molecule has 0 saturated carbocycles. The fourth-order valence-corrected chi connectivity index (χ4v) is 0.327. The Hall–Kier alpha value is -0.530. The van der Waals surface area contributed by atoms with Crippen molar-refractivity contribution in [1.82, 2.24) is 0 Å². The van der Waals surface area contributed by atoms with Gasteiger partial charge in [-0.15, -0.1) is 0 Å². The minimum Gasteiger partial charge on any atom is -0.388 e. The Labute approximate surface area is 58.2 Å². The third-order valence-corrected chi connectivity index (χ3v) is 0.706. The lowest BCUT2D eigenvalue weighted by atomic mass is 10.2. The number of amidine groups is 1. The van der Waals surface area contributed by atoms with Crippen LogP contribution in [0.5, 0.6) is 0 Å². The molecule has 0 spiro atoms. The maximum atomic E-state index is 5.29. The molecule has 0 aliphatic carbocycles. The number of hydrogen-bond donors (Lipinski definition) is 1. The molecule has 2 N–H and O–H groups in total. The second-order valence-corrected chi connectivity index (χ2v) is 2.38. The highest BCUT2D eigenvalue weighted by Gasteiger charge is 1.87. The SMILES string of the molecule is C.CC(N)=NCC(C)C. The summed E-state index contributed by atoms with van der Waals surface area (Å²) < 4.78 is 0. The summed E-state index contributed by atoms with van der Waals surface area (Å²) in [4.78, 5) is 4.02. The zero-order chi connectivity index (χ0) is 6.57. The maximum Gasteiger partial charge on any atom is 0.0905 e. The highest BCUT2D eigenvalue weighted by atomic mass is 14.8. The van der Waals surface area contributed by atoms with E-state index in [0.29, 0.717) is 11.8 Å². The van der Waals surface area contributed by atoms with Gasteiger partial charge in [-0.25, -0.2) is 0 Å². The molecule has 9 heavy (non-hydrogen) atoms. The van der Waals surface area contributed by atoms with Crippen LogP contribution >= 0.6 is 0 Å². The van der Waals surface area contributed by atoms with E-state index < -0.39 is 0 Å². The molecule has 0 unspecified atom stereocenters. The van der Waals surface area contributed by atoms with Crippen molar-refractivity contribution in [2.45, 2.75) is 28.2 Å². The molecule has 0 rings (SSSR count). The topological polar surface area (TPSA) is 38.4 Å². The molecule has 0 aromatic rings. The second kappa shape index (κ2) is 5.60. The van der Waals surface area contributed by atoms with E-state index in [9.17, 15) is 0 Å². The van der Waals surface area contributed by atoms with Crippen molar-refractivity contribution in [3.05, 3.63) is 0 Å². The third-order valence-electron chi connectivity index (χ3n) is 0.706. The lowest BCUT2D eigenvalue weighted by Crippen LogP contribution is -2.07. The molecule has 56 valence electrons. The number of nitrogens with zero attached hydrogens (tertiary/aromatic N) is 1. The Morgan fingerprint density at radius 1 is 1.56 bits per heavy atom. The molecule has 0 atom stereocenters. The van der Waals surface area contributed by atoms with E-state index in [0.717, 1.165) is 6.54 Å². The van der Waals surface area contributed by atoms with Crippen molar-refractivity contribution in [3.8, 4) is 0 Å². The van der Waals surface area contributed by atoms with Gasteiger partial charge in [0.2, 0.25) is 0 Å². The molecule has 2 heteroatoms. The summed E-state index contributed by atoms with van der Waals surface area (Å²) in [6.45, 7) is 6.89. The first-order valence-corrected chi connectivity index (χ1v) is 2.89. The van der Waals surface area contributed by atoms with E-state index in [2.05, 4.69) is 18.8 Å². The fourth-order valence-electron chi connectivity index (χ4n) is 0.327. The summed E-state index contributed by atoms with van der Waals surface area (Å²) in [5, 5.41) is 0. The monoisotopic (exact) mass is 130 g/mol. The first-order chi connectivity index (χ1) is 3.63. The molecule has 0 saturated heterocycles. The van der Waals surface area contributed by atoms with Gasteiger partial charge < -0.3 is 5.73 Å². The van der Waals surface area contributed by atoms with Crippen molar-refractivity contribution in [2.75, 3.05) is 6.54 Å². The molecule has 0 aliphatic rings. The van der Waals surface area contributed by atoms with Crippen LogP contribution < -0.4 is 5.73 Å². The summed E-state index contributed by atoms with van der Waals surface area (Å²) in [6, 6.07) is 0. The van der Waals surface area contributed by atoms with E-state index in [-0.39, 0.29) is 7.43 Å². The average molecular weight is 130 g/mol. The van der Waals surface area contributed by atoms with E-state index in [1.54, 1.807) is 0 Å². The Balaban J connectivity index is 0. The first kappa shape index (κ1) is 11.3. The normalized spacial score (nSPS) is 11.3. The zero-order valence-electron chi connectivity index (χ0n) is 5.81. The van der Waals surface area contributed by atoms with Gasteiger partial charge in [-0.1, -0.05) is 21.3 Å². The van der Waals surface area contributed by atoms with Gasteiger partial charge in [-0.05, 0) is 12.8 Å². The molecule has 0 aromatic heterocycles. The van der Waals surface area contributed by atoms with Gasteiger partial charge in [-0.3, -0.25) is 4.99 Å². The van der Waals surface area contributed by atoms with Crippen molar-refractivity contribution >= 4 is 5.84 Å². The molecule has 0 aliphatic heterocycles. The van der Waals surface area contributed by atoms with Crippen molar-refractivity contribution in [2.24, 2.45) is 16.6 Å². The third kappa shape index (κ3) is 11.2. The minimum absolute atomic E-state index is 0. The molecular formula is C7H18N2. The molecule has 0 bridgehead atoms. The van der Waals surface area contributed by atoms with Gasteiger partial charge in [0.1, 0.15) is 0 Å². The van der Waals surface area contributed by atoms with Crippen LogP contribution in [0.2, 0.25) is 0 Å². The smallest absolute Gasteiger partial charge is 0.0905 e. The van der Waals surface area contributed by atoms with Gasteiger partial charge in [0.25, 0.3) is 0 Å². The van der Waals surface area contributed by atoms with E-state index in [4.69, 9.17) is 5.73 Å². The largest absolute Gasteiger partial charge is 0.388 e. The molecule has 2 nitrogen and oxygen atoms in total.